The van der Waals surface area contributed by atoms with Crippen LogP contribution in [0.15, 0.2) is 12.4 Å². The summed E-state index contributed by atoms with van der Waals surface area (Å²) in [5.41, 5.74) is 1.32. The number of hydrogen-bond donors (Lipinski definition) is 1. The number of anilines is 1. The predicted molar refractivity (Wildman–Crippen MR) is 75.0 cm³/mol. The van der Waals surface area contributed by atoms with Gasteiger partial charge >= 0.3 is 0 Å². The van der Waals surface area contributed by atoms with Gasteiger partial charge in [0.15, 0.2) is 0 Å². The Morgan fingerprint density at radius 2 is 2.00 bits per heavy atom. The van der Waals surface area contributed by atoms with Crippen molar-refractivity contribution >= 4 is 5.95 Å². The van der Waals surface area contributed by atoms with E-state index in [1.807, 2.05) is 19.4 Å². The minimum Gasteiger partial charge on any atom is -0.340 e. The van der Waals surface area contributed by atoms with Gasteiger partial charge in [-0.15, -0.1) is 0 Å². The molecule has 1 unspecified atom stereocenters. The molecule has 1 aliphatic heterocycles. The fourth-order valence-corrected chi connectivity index (χ4v) is 2.34. The van der Waals surface area contributed by atoms with Gasteiger partial charge in [-0.2, -0.15) is 0 Å². The van der Waals surface area contributed by atoms with Gasteiger partial charge in [0, 0.05) is 25.5 Å². The molecule has 0 amide bonds. The molecule has 1 N–H and O–H groups in total. The van der Waals surface area contributed by atoms with E-state index in [9.17, 15) is 0 Å². The smallest absolute Gasteiger partial charge is 0.225 e. The summed E-state index contributed by atoms with van der Waals surface area (Å²) in [5.74, 6) is 1.60. The Morgan fingerprint density at radius 3 is 2.56 bits per heavy atom. The number of nitrogens with zero attached hydrogens (tertiary/aromatic N) is 3. The predicted octanol–water partition coefficient (Wildman–Crippen LogP) is 1.82. The van der Waals surface area contributed by atoms with Gasteiger partial charge in [-0.05, 0) is 36.9 Å². The highest BCUT2D eigenvalue weighted by Crippen LogP contribution is 2.23. The third kappa shape index (κ3) is 2.99. The lowest BCUT2D eigenvalue weighted by Gasteiger charge is -2.20. The first-order chi connectivity index (χ1) is 8.50. The number of aromatic nitrogens is 2. The Bertz CT molecular complexity index is 380. The van der Waals surface area contributed by atoms with Crippen molar-refractivity contribution < 1.29 is 0 Å². The van der Waals surface area contributed by atoms with Crippen molar-refractivity contribution in [2.75, 3.05) is 31.6 Å². The van der Waals surface area contributed by atoms with E-state index in [4.69, 9.17) is 0 Å². The topological polar surface area (TPSA) is 41.0 Å². The van der Waals surface area contributed by atoms with Crippen LogP contribution in [0.5, 0.6) is 0 Å². The van der Waals surface area contributed by atoms with E-state index in [0.717, 1.165) is 31.5 Å². The van der Waals surface area contributed by atoms with Gasteiger partial charge in [-0.3, -0.25) is 0 Å². The highest BCUT2D eigenvalue weighted by molar-refractivity contribution is 5.32. The Balaban J connectivity index is 2.03. The van der Waals surface area contributed by atoms with Crippen LogP contribution in [0.1, 0.15) is 32.8 Å². The van der Waals surface area contributed by atoms with Crippen molar-refractivity contribution in [2.45, 2.75) is 32.6 Å². The van der Waals surface area contributed by atoms with Crippen molar-refractivity contribution in [3.8, 4) is 0 Å². The average molecular weight is 248 g/mol. The molecule has 100 valence electrons. The van der Waals surface area contributed by atoms with E-state index in [-0.39, 0.29) is 5.41 Å². The van der Waals surface area contributed by atoms with Crippen LogP contribution in [0.2, 0.25) is 0 Å². The summed E-state index contributed by atoms with van der Waals surface area (Å²) < 4.78 is 0. The van der Waals surface area contributed by atoms with Gasteiger partial charge in [-0.1, -0.05) is 20.8 Å². The van der Waals surface area contributed by atoms with Crippen LogP contribution in [-0.4, -0.2) is 36.6 Å². The van der Waals surface area contributed by atoms with Gasteiger partial charge in [0.2, 0.25) is 5.95 Å². The highest BCUT2D eigenvalue weighted by atomic mass is 15.3. The molecule has 2 heterocycles. The SMILES string of the molecule is CNCC1CCN(c2ncc(C(C)(C)C)cn2)C1. The maximum Gasteiger partial charge on any atom is 0.225 e. The quantitative estimate of drug-likeness (QED) is 0.886. The second-order valence-electron chi connectivity index (χ2n) is 6.18. The molecule has 18 heavy (non-hydrogen) atoms. The Kier molecular flexibility index (Phi) is 3.85. The summed E-state index contributed by atoms with van der Waals surface area (Å²) in [4.78, 5) is 11.3. The lowest BCUT2D eigenvalue weighted by Crippen LogP contribution is -2.26. The zero-order chi connectivity index (χ0) is 13.2. The zero-order valence-corrected chi connectivity index (χ0v) is 11.9. The molecule has 1 aromatic heterocycles. The minimum absolute atomic E-state index is 0.123. The van der Waals surface area contributed by atoms with Crippen LogP contribution >= 0.6 is 0 Å². The Hall–Kier alpha value is -1.16. The fourth-order valence-electron chi connectivity index (χ4n) is 2.34. The zero-order valence-electron chi connectivity index (χ0n) is 11.9. The van der Waals surface area contributed by atoms with E-state index in [1.165, 1.54) is 12.0 Å². The molecule has 1 saturated heterocycles. The normalized spacial score (nSPS) is 20.4. The summed E-state index contributed by atoms with van der Waals surface area (Å²) in [6.45, 7) is 9.77. The van der Waals surface area contributed by atoms with Crippen LogP contribution < -0.4 is 10.2 Å². The molecule has 0 radical (unpaired) electrons. The van der Waals surface area contributed by atoms with Crippen molar-refractivity contribution in [3.63, 3.8) is 0 Å². The summed E-state index contributed by atoms with van der Waals surface area (Å²) in [6.07, 6.45) is 5.16. The van der Waals surface area contributed by atoms with Gasteiger partial charge in [0.1, 0.15) is 0 Å². The van der Waals surface area contributed by atoms with Gasteiger partial charge < -0.3 is 10.2 Å². The van der Waals surface area contributed by atoms with Crippen molar-refractivity contribution in [2.24, 2.45) is 5.92 Å². The van der Waals surface area contributed by atoms with Crippen LogP contribution in [0.3, 0.4) is 0 Å². The second-order valence-corrected chi connectivity index (χ2v) is 6.18. The molecule has 1 fully saturated rings. The van der Waals surface area contributed by atoms with Crippen molar-refractivity contribution in [3.05, 3.63) is 18.0 Å². The fraction of sp³-hybridized carbons (Fsp3) is 0.714. The molecular formula is C14H24N4. The molecule has 2 rings (SSSR count). The van der Waals surface area contributed by atoms with E-state index in [2.05, 4.69) is 41.0 Å². The average Bonchev–Trinajstić information content (AvgIpc) is 2.77. The monoisotopic (exact) mass is 248 g/mol. The van der Waals surface area contributed by atoms with E-state index < -0.39 is 0 Å². The first-order valence-corrected chi connectivity index (χ1v) is 6.73. The van der Waals surface area contributed by atoms with Crippen LogP contribution in [0, 0.1) is 5.92 Å². The number of hydrogen-bond acceptors (Lipinski definition) is 4. The number of nitrogens with one attached hydrogen (secondary N) is 1. The lowest BCUT2D eigenvalue weighted by molar-refractivity contribution is 0.548. The minimum atomic E-state index is 0.123. The van der Waals surface area contributed by atoms with Gasteiger partial charge in [-0.25, -0.2) is 9.97 Å². The summed E-state index contributed by atoms with van der Waals surface area (Å²) in [5, 5.41) is 3.24. The Labute approximate surface area is 110 Å². The van der Waals surface area contributed by atoms with Crippen molar-refractivity contribution in [1.29, 1.82) is 0 Å². The van der Waals surface area contributed by atoms with Gasteiger partial charge in [0.05, 0.1) is 0 Å². The molecule has 1 aromatic rings. The molecule has 0 aliphatic carbocycles. The van der Waals surface area contributed by atoms with Crippen molar-refractivity contribution in [1.82, 2.24) is 15.3 Å². The molecule has 0 bridgehead atoms. The molecule has 1 aliphatic rings. The second kappa shape index (κ2) is 5.22. The third-order valence-corrected chi connectivity index (χ3v) is 3.57. The summed E-state index contributed by atoms with van der Waals surface area (Å²) in [6, 6.07) is 0. The summed E-state index contributed by atoms with van der Waals surface area (Å²) in [7, 11) is 2.01. The molecule has 1 atom stereocenters. The van der Waals surface area contributed by atoms with E-state index >= 15 is 0 Å². The lowest BCUT2D eigenvalue weighted by atomic mass is 9.89. The first kappa shape index (κ1) is 13.3. The molecule has 0 spiro atoms. The molecule has 4 nitrogen and oxygen atoms in total. The van der Waals surface area contributed by atoms with E-state index in [1.54, 1.807) is 0 Å². The highest BCUT2D eigenvalue weighted by Gasteiger charge is 2.24. The van der Waals surface area contributed by atoms with Crippen LogP contribution in [0.25, 0.3) is 0 Å². The van der Waals surface area contributed by atoms with Crippen LogP contribution in [0.4, 0.5) is 5.95 Å². The maximum atomic E-state index is 4.52. The molecular weight excluding hydrogens is 224 g/mol. The standard InChI is InChI=1S/C14H24N4/c1-14(2,3)12-8-16-13(17-9-12)18-6-5-11(10-18)7-15-4/h8-9,11,15H,5-7,10H2,1-4H3. The molecule has 0 saturated carbocycles. The van der Waals surface area contributed by atoms with E-state index in [0.29, 0.717) is 0 Å². The molecule has 4 heteroatoms. The summed E-state index contributed by atoms with van der Waals surface area (Å²) >= 11 is 0. The third-order valence-electron chi connectivity index (χ3n) is 3.57. The molecule has 0 aromatic carbocycles. The first-order valence-electron chi connectivity index (χ1n) is 6.73. The number of rotatable bonds is 3. The van der Waals surface area contributed by atoms with Crippen LogP contribution in [-0.2, 0) is 5.41 Å². The Morgan fingerprint density at radius 1 is 1.33 bits per heavy atom. The maximum absolute atomic E-state index is 4.52. The van der Waals surface area contributed by atoms with Gasteiger partial charge in [0.25, 0.3) is 0 Å². The largest absolute Gasteiger partial charge is 0.340 e.